The number of fused-ring (bicyclic) bond motifs is 1. The van der Waals surface area contributed by atoms with Crippen LogP contribution in [-0.4, -0.2) is 28.6 Å². The Morgan fingerprint density at radius 1 is 1.10 bits per heavy atom. The summed E-state index contributed by atoms with van der Waals surface area (Å²) in [6.07, 6.45) is 7.30. The van der Waals surface area contributed by atoms with Gasteiger partial charge in [0.1, 0.15) is 18.2 Å². The van der Waals surface area contributed by atoms with Crippen LogP contribution in [0.4, 0.5) is 0 Å². The van der Waals surface area contributed by atoms with Crippen LogP contribution in [0.25, 0.3) is 11.0 Å². The van der Waals surface area contributed by atoms with E-state index >= 15 is 0 Å². The van der Waals surface area contributed by atoms with Gasteiger partial charge in [-0.25, -0.2) is 4.98 Å². The number of benzene rings is 2. The van der Waals surface area contributed by atoms with Gasteiger partial charge in [0.2, 0.25) is 5.91 Å². The number of ether oxygens (including phenoxy) is 1. The van der Waals surface area contributed by atoms with Crippen LogP contribution in [0.3, 0.4) is 0 Å². The smallest absolute Gasteiger partial charge is 0.243 e. The minimum absolute atomic E-state index is 0.0204. The molecule has 0 fully saturated rings. The van der Waals surface area contributed by atoms with Gasteiger partial charge < -0.3 is 14.6 Å². The first kappa shape index (κ1) is 21.6. The maximum atomic E-state index is 11.4. The zero-order valence-corrected chi connectivity index (χ0v) is 17.9. The van der Waals surface area contributed by atoms with E-state index < -0.39 is 0 Å². The Kier molecular flexibility index (Phi) is 8.07. The van der Waals surface area contributed by atoms with Gasteiger partial charge in [0.05, 0.1) is 17.6 Å². The Balaban J connectivity index is 1.55. The Morgan fingerprint density at radius 2 is 1.90 bits per heavy atom. The molecule has 1 N–H and O–H groups in total. The lowest BCUT2D eigenvalue weighted by molar-refractivity contribution is -0.116. The van der Waals surface area contributed by atoms with Gasteiger partial charge in [-0.05, 0) is 56.5 Å². The lowest BCUT2D eigenvalue weighted by atomic mass is 10.2. The number of nitrogens with one attached hydrogen (secondary N) is 1. The van der Waals surface area contributed by atoms with E-state index in [-0.39, 0.29) is 5.91 Å². The van der Waals surface area contributed by atoms with Crippen molar-refractivity contribution in [2.45, 2.75) is 46.1 Å². The molecule has 2 aromatic carbocycles. The van der Waals surface area contributed by atoms with Gasteiger partial charge in [-0.3, -0.25) is 4.79 Å². The SMILES string of the molecule is C/C=C/C(=O)NCCCCCc1nc2ccccc2n1CCOc1ccccc1C. The third-order valence-electron chi connectivity index (χ3n) is 5.09. The molecule has 0 aliphatic carbocycles. The van der Waals surface area contributed by atoms with Crippen molar-refractivity contribution in [3.63, 3.8) is 0 Å². The molecule has 5 nitrogen and oxygen atoms in total. The summed E-state index contributed by atoms with van der Waals surface area (Å²) >= 11 is 0. The quantitative estimate of drug-likeness (QED) is 0.367. The second-order valence-corrected chi connectivity index (χ2v) is 7.38. The zero-order chi connectivity index (χ0) is 21.2. The number of hydrogen-bond acceptors (Lipinski definition) is 3. The van der Waals surface area contributed by atoms with E-state index in [9.17, 15) is 4.79 Å². The summed E-state index contributed by atoms with van der Waals surface area (Å²) in [6, 6.07) is 16.4. The molecule has 5 heteroatoms. The van der Waals surface area contributed by atoms with E-state index in [1.807, 2.05) is 31.2 Å². The molecule has 158 valence electrons. The van der Waals surface area contributed by atoms with Gasteiger partial charge in [-0.1, -0.05) is 42.8 Å². The Labute approximate surface area is 178 Å². The molecule has 3 aromatic rings. The summed E-state index contributed by atoms with van der Waals surface area (Å²) in [5, 5.41) is 2.90. The van der Waals surface area contributed by atoms with E-state index in [0.29, 0.717) is 13.2 Å². The second-order valence-electron chi connectivity index (χ2n) is 7.38. The van der Waals surface area contributed by atoms with Crippen LogP contribution in [-0.2, 0) is 17.8 Å². The highest BCUT2D eigenvalue weighted by atomic mass is 16.5. The van der Waals surface area contributed by atoms with Crippen LogP contribution >= 0.6 is 0 Å². The van der Waals surface area contributed by atoms with Gasteiger partial charge in [0.25, 0.3) is 0 Å². The molecule has 1 amide bonds. The highest BCUT2D eigenvalue weighted by Gasteiger charge is 2.10. The minimum atomic E-state index is -0.0204. The van der Waals surface area contributed by atoms with E-state index in [0.717, 1.165) is 60.4 Å². The molecule has 0 aliphatic rings. The number of hydrogen-bond donors (Lipinski definition) is 1. The predicted octanol–water partition coefficient (Wildman–Crippen LogP) is 4.83. The molecular formula is C25H31N3O2. The number of unbranched alkanes of at least 4 members (excludes halogenated alkanes) is 2. The highest BCUT2D eigenvalue weighted by Crippen LogP contribution is 2.19. The van der Waals surface area contributed by atoms with Crippen molar-refractivity contribution in [1.29, 1.82) is 0 Å². The van der Waals surface area contributed by atoms with Gasteiger partial charge in [0.15, 0.2) is 0 Å². The zero-order valence-electron chi connectivity index (χ0n) is 17.9. The summed E-state index contributed by atoms with van der Waals surface area (Å²) < 4.78 is 8.30. The van der Waals surface area contributed by atoms with Crippen LogP contribution in [0, 0.1) is 6.92 Å². The van der Waals surface area contributed by atoms with Gasteiger partial charge in [-0.2, -0.15) is 0 Å². The molecular weight excluding hydrogens is 374 g/mol. The summed E-state index contributed by atoms with van der Waals surface area (Å²) in [5.74, 6) is 2.01. The number of para-hydroxylation sites is 3. The van der Waals surface area contributed by atoms with Crippen molar-refractivity contribution in [1.82, 2.24) is 14.9 Å². The number of allylic oxidation sites excluding steroid dienone is 1. The number of carbonyl (C=O) groups excluding carboxylic acids is 1. The summed E-state index contributed by atoms with van der Waals surface area (Å²) in [7, 11) is 0. The molecule has 1 aromatic heterocycles. The number of rotatable bonds is 11. The molecule has 0 atom stereocenters. The Hall–Kier alpha value is -3.08. The third-order valence-corrected chi connectivity index (χ3v) is 5.09. The molecule has 0 radical (unpaired) electrons. The molecule has 1 heterocycles. The van der Waals surface area contributed by atoms with Crippen molar-refractivity contribution in [2.24, 2.45) is 0 Å². The first-order chi connectivity index (χ1) is 14.7. The van der Waals surface area contributed by atoms with Crippen LogP contribution in [0.5, 0.6) is 5.75 Å². The first-order valence-electron chi connectivity index (χ1n) is 10.7. The van der Waals surface area contributed by atoms with Crippen LogP contribution in [0.1, 0.15) is 37.6 Å². The van der Waals surface area contributed by atoms with E-state index in [1.165, 1.54) is 0 Å². The normalized spacial score (nSPS) is 11.3. The van der Waals surface area contributed by atoms with E-state index in [2.05, 4.69) is 41.1 Å². The Bertz CT molecular complexity index is 991. The summed E-state index contributed by atoms with van der Waals surface area (Å²) in [4.78, 5) is 16.3. The first-order valence-corrected chi connectivity index (χ1v) is 10.7. The molecule has 0 saturated heterocycles. The Morgan fingerprint density at radius 3 is 2.73 bits per heavy atom. The van der Waals surface area contributed by atoms with Crippen molar-refractivity contribution < 1.29 is 9.53 Å². The largest absolute Gasteiger partial charge is 0.491 e. The van der Waals surface area contributed by atoms with Crippen LogP contribution in [0.15, 0.2) is 60.7 Å². The predicted molar refractivity (Wildman–Crippen MR) is 122 cm³/mol. The molecule has 3 rings (SSSR count). The molecule has 0 spiro atoms. The molecule has 0 saturated carbocycles. The molecule has 0 unspecified atom stereocenters. The average molecular weight is 406 g/mol. The topological polar surface area (TPSA) is 56.2 Å². The lowest BCUT2D eigenvalue weighted by Gasteiger charge is -2.12. The fourth-order valence-electron chi connectivity index (χ4n) is 3.54. The van der Waals surface area contributed by atoms with Crippen LogP contribution < -0.4 is 10.1 Å². The van der Waals surface area contributed by atoms with Gasteiger partial charge in [-0.15, -0.1) is 0 Å². The summed E-state index contributed by atoms with van der Waals surface area (Å²) in [5.41, 5.74) is 3.33. The second kappa shape index (κ2) is 11.2. The maximum absolute atomic E-state index is 11.4. The van der Waals surface area contributed by atoms with Crippen molar-refractivity contribution >= 4 is 16.9 Å². The fraction of sp³-hybridized carbons (Fsp3) is 0.360. The van der Waals surface area contributed by atoms with Gasteiger partial charge in [0, 0.05) is 13.0 Å². The van der Waals surface area contributed by atoms with Crippen LogP contribution in [0.2, 0.25) is 0 Å². The number of carbonyl (C=O) groups is 1. The lowest BCUT2D eigenvalue weighted by Crippen LogP contribution is -2.22. The number of nitrogens with zero attached hydrogens (tertiary/aromatic N) is 2. The third kappa shape index (κ3) is 5.96. The fourth-order valence-corrected chi connectivity index (χ4v) is 3.54. The number of amides is 1. The monoisotopic (exact) mass is 405 g/mol. The standard InChI is InChI=1S/C25H31N3O2/c1-3-11-25(29)26-17-10-4-5-16-24-27-21-13-7-8-14-22(21)28(24)18-19-30-23-15-9-6-12-20(23)2/h3,6-9,11-15H,4-5,10,16-19H2,1-2H3,(H,26,29)/b11-3+. The molecule has 30 heavy (non-hydrogen) atoms. The number of aromatic nitrogens is 2. The molecule has 0 aliphatic heterocycles. The maximum Gasteiger partial charge on any atom is 0.243 e. The van der Waals surface area contributed by atoms with Gasteiger partial charge >= 0.3 is 0 Å². The minimum Gasteiger partial charge on any atom is -0.491 e. The molecule has 0 bridgehead atoms. The van der Waals surface area contributed by atoms with Crippen molar-refractivity contribution in [3.8, 4) is 5.75 Å². The van der Waals surface area contributed by atoms with Crippen molar-refractivity contribution in [3.05, 3.63) is 72.1 Å². The van der Waals surface area contributed by atoms with Crippen molar-refractivity contribution in [2.75, 3.05) is 13.2 Å². The number of aryl methyl sites for hydroxylation is 2. The average Bonchev–Trinajstić information content (AvgIpc) is 3.10. The summed E-state index contributed by atoms with van der Waals surface area (Å²) in [6.45, 7) is 5.99. The van der Waals surface area contributed by atoms with E-state index in [4.69, 9.17) is 9.72 Å². The van der Waals surface area contributed by atoms with E-state index in [1.54, 1.807) is 12.2 Å². The highest BCUT2D eigenvalue weighted by molar-refractivity contribution is 5.87. The number of imidazole rings is 1.